The lowest BCUT2D eigenvalue weighted by Crippen LogP contribution is -2.24. The highest BCUT2D eigenvalue weighted by Gasteiger charge is 2.38. The van der Waals surface area contributed by atoms with Gasteiger partial charge < -0.3 is 0 Å². The highest BCUT2D eigenvalue weighted by Crippen LogP contribution is 2.37. The summed E-state index contributed by atoms with van der Waals surface area (Å²) in [5.41, 5.74) is 6.59. The Labute approximate surface area is 209 Å². The standard InChI is InChI=1S/C28H22N4O3S/c1-36(34,35)31-17-26(29-18-31)32-28(33)25-16-22(23-9-5-6-10-24(23)27(25)30-32)15-19-11-13-21(14-12-19)20-7-3-2-4-8-20/h2-14,16-18,22H,15H2,1H3. The van der Waals surface area contributed by atoms with Gasteiger partial charge in [-0.3, -0.25) is 4.79 Å². The molecule has 0 bridgehead atoms. The average molecular weight is 495 g/mol. The van der Waals surface area contributed by atoms with Crippen LogP contribution in [-0.4, -0.2) is 35.2 Å². The van der Waals surface area contributed by atoms with E-state index in [4.69, 9.17) is 0 Å². The molecule has 7 nitrogen and oxygen atoms in total. The summed E-state index contributed by atoms with van der Waals surface area (Å²) < 4.78 is 24.7. The van der Waals surface area contributed by atoms with Crippen LogP contribution in [0.5, 0.6) is 0 Å². The molecule has 2 heterocycles. The molecule has 1 aliphatic carbocycles. The number of carbonyl (C=O) groups excluding carboxylic acids is 1. The highest BCUT2D eigenvalue weighted by atomic mass is 32.2. The predicted octanol–water partition coefficient (Wildman–Crippen LogP) is 4.38. The molecule has 0 saturated heterocycles. The Bertz CT molecular complexity index is 1650. The van der Waals surface area contributed by atoms with Crippen LogP contribution in [-0.2, 0) is 21.2 Å². The number of anilines is 1. The minimum absolute atomic E-state index is 0.00444. The van der Waals surface area contributed by atoms with Crippen LogP contribution in [0.25, 0.3) is 11.1 Å². The largest absolute Gasteiger partial charge is 0.282 e. The third kappa shape index (κ3) is 3.85. The van der Waals surface area contributed by atoms with Gasteiger partial charge in [0.2, 0.25) is 10.0 Å². The Morgan fingerprint density at radius 1 is 0.889 bits per heavy atom. The number of aromatic nitrogens is 2. The molecule has 0 saturated carbocycles. The number of carbonyl (C=O) groups is 1. The third-order valence-corrected chi connectivity index (χ3v) is 7.49. The van der Waals surface area contributed by atoms with E-state index in [-0.39, 0.29) is 17.6 Å². The molecule has 1 aromatic heterocycles. The lowest BCUT2D eigenvalue weighted by Gasteiger charge is -2.23. The zero-order valence-corrected chi connectivity index (χ0v) is 20.3. The first-order valence-corrected chi connectivity index (χ1v) is 13.4. The Hall–Kier alpha value is -4.30. The number of hydrogen-bond donors (Lipinski definition) is 0. The number of amides is 1. The van der Waals surface area contributed by atoms with Crippen molar-refractivity contribution in [2.24, 2.45) is 5.10 Å². The maximum absolute atomic E-state index is 13.4. The molecule has 0 fully saturated rings. The molecule has 2 aliphatic rings. The van der Waals surface area contributed by atoms with Gasteiger partial charge in [0.15, 0.2) is 5.82 Å². The van der Waals surface area contributed by atoms with Gasteiger partial charge in [-0.05, 0) is 28.7 Å². The first-order valence-electron chi connectivity index (χ1n) is 11.5. The fraction of sp³-hybridized carbons (Fsp3) is 0.107. The molecule has 178 valence electrons. The molecule has 0 N–H and O–H groups in total. The molecule has 1 amide bonds. The fourth-order valence-electron chi connectivity index (χ4n) is 4.72. The SMILES string of the molecule is CS(=O)(=O)n1cnc(N2N=C3C(=CC(Cc4ccc(-c5ccccc5)cc4)c4ccccc43)C2=O)c1. The van der Waals surface area contributed by atoms with Gasteiger partial charge >= 0.3 is 0 Å². The summed E-state index contributed by atoms with van der Waals surface area (Å²) in [6, 6.07) is 26.7. The Kier molecular flexibility index (Phi) is 5.19. The number of nitrogens with zero attached hydrogens (tertiary/aromatic N) is 4. The van der Waals surface area contributed by atoms with Crippen molar-refractivity contribution < 1.29 is 13.2 Å². The quantitative estimate of drug-likeness (QED) is 0.412. The molecular formula is C28H22N4O3S. The monoisotopic (exact) mass is 494 g/mol. The molecule has 0 spiro atoms. The molecule has 4 aromatic rings. The van der Waals surface area contributed by atoms with Crippen LogP contribution in [0.4, 0.5) is 5.82 Å². The average Bonchev–Trinajstić information content (AvgIpc) is 3.51. The summed E-state index contributed by atoms with van der Waals surface area (Å²) in [4.78, 5) is 17.5. The first-order chi connectivity index (χ1) is 17.4. The summed E-state index contributed by atoms with van der Waals surface area (Å²) in [6.45, 7) is 0. The van der Waals surface area contributed by atoms with Crippen molar-refractivity contribution in [3.8, 4) is 11.1 Å². The van der Waals surface area contributed by atoms with Crippen molar-refractivity contribution in [2.75, 3.05) is 11.3 Å². The van der Waals surface area contributed by atoms with Crippen molar-refractivity contribution in [1.82, 2.24) is 8.96 Å². The normalized spacial score (nSPS) is 16.9. The van der Waals surface area contributed by atoms with Gasteiger partial charge in [0, 0.05) is 11.5 Å². The molecule has 0 radical (unpaired) electrons. The second-order valence-electron chi connectivity index (χ2n) is 8.93. The van der Waals surface area contributed by atoms with Crippen molar-refractivity contribution in [3.63, 3.8) is 0 Å². The Morgan fingerprint density at radius 3 is 2.31 bits per heavy atom. The maximum Gasteiger partial charge on any atom is 0.282 e. The van der Waals surface area contributed by atoms with E-state index < -0.39 is 10.0 Å². The predicted molar refractivity (Wildman–Crippen MR) is 139 cm³/mol. The third-order valence-electron chi connectivity index (χ3n) is 6.52. The molecule has 8 heteroatoms. The molecule has 1 aliphatic heterocycles. The van der Waals surface area contributed by atoms with Crippen LogP contribution in [0.1, 0.15) is 22.6 Å². The van der Waals surface area contributed by atoms with Gasteiger partial charge in [-0.2, -0.15) is 10.1 Å². The minimum Gasteiger partial charge on any atom is -0.267 e. The maximum atomic E-state index is 13.4. The topological polar surface area (TPSA) is 84.6 Å². The number of allylic oxidation sites excluding steroid dienone is 1. The molecule has 3 aromatic carbocycles. The number of hydrazone groups is 1. The van der Waals surface area contributed by atoms with Crippen molar-refractivity contribution >= 4 is 27.5 Å². The number of hydrogen-bond acceptors (Lipinski definition) is 5. The highest BCUT2D eigenvalue weighted by molar-refractivity contribution is 7.89. The second-order valence-corrected chi connectivity index (χ2v) is 10.8. The zero-order chi connectivity index (χ0) is 24.9. The number of imidazole rings is 1. The summed E-state index contributed by atoms with van der Waals surface area (Å²) in [7, 11) is -3.51. The lowest BCUT2D eigenvalue weighted by molar-refractivity contribution is -0.114. The Morgan fingerprint density at radius 2 is 1.58 bits per heavy atom. The van der Waals surface area contributed by atoms with E-state index in [1.54, 1.807) is 0 Å². The summed E-state index contributed by atoms with van der Waals surface area (Å²) in [5, 5.41) is 5.72. The van der Waals surface area contributed by atoms with Gasteiger partial charge in [-0.15, -0.1) is 0 Å². The van der Waals surface area contributed by atoms with Crippen LogP contribution in [0.15, 0.2) is 108 Å². The van der Waals surface area contributed by atoms with E-state index in [9.17, 15) is 13.2 Å². The number of rotatable bonds is 5. The van der Waals surface area contributed by atoms with Gasteiger partial charge in [0.1, 0.15) is 12.0 Å². The van der Waals surface area contributed by atoms with E-state index in [1.807, 2.05) is 42.5 Å². The molecule has 36 heavy (non-hydrogen) atoms. The Balaban J connectivity index is 1.33. The van der Waals surface area contributed by atoms with Crippen LogP contribution in [0, 0.1) is 0 Å². The van der Waals surface area contributed by atoms with Gasteiger partial charge in [0.05, 0.1) is 18.0 Å². The molecule has 1 unspecified atom stereocenters. The first kappa shape index (κ1) is 22.2. The van der Waals surface area contributed by atoms with Crippen molar-refractivity contribution in [1.29, 1.82) is 0 Å². The van der Waals surface area contributed by atoms with Gasteiger partial charge in [-0.1, -0.05) is 84.9 Å². The van der Waals surface area contributed by atoms with Crippen LogP contribution in [0.3, 0.4) is 0 Å². The summed E-state index contributed by atoms with van der Waals surface area (Å²) in [5.74, 6) is -0.156. The fourth-order valence-corrected chi connectivity index (χ4v) is 5.22. The van der Waals surface area contributed by atoms with E-state index in [1.165, 1.54) is 28.7 Å². The van der Waals surface area contributed by atoms with E-state index in [0.29, 0.717) is 11.3 Å². The number of benzene rings is 3. The summed E-state index contributed by atoms with van der Waals surface area (Å²) >= 11 is 0. The lowest BCUT2D eigenvalue weighted by atomic mass is 9.80. The van der Waals surface area contributed by atoms with Gasteiger partial charge in [0.25, 0.3) is 5.91 Å². The molecular weight excluding hydrogens is 472 g/mol. The molecule has 1 atom stereocenters. The number of fused-ring (bicyclic) bond motifs is 3. The van der Waals surface area contributed by atoms with E-state index in [2.05, 4.69) is 52.5 Å². The molecule has 6 rings (SSSR count). The van der Waals surface area contributed by atoms with Crippen LogP contribution < -0.4 is 5.01 Å². The van der Waals surface area contributed by atoms with Crippen LogP contribution >= 0.6 is 0 Å². The summed E-state index contributed by atoms with van der Waals surface area (Å²) in [6.07, 6.45) is 6.25. The second kappa shape index (κ2) is 8.42. The van der Waals surface area contributed by atoms with Crippen LogP contribution in [0.2, 0.25) is 0 Å². The van der Waals surface area contributed by atoms with Gasteiger partial charge in [-0.25, -0.2) is 17.4 Å². The smallest absolute Gasteiger partial charge is 0.267 e. The van der Waals surface area contributed by atoms with Crippen molar-refractivity contribution in [3.05, 3.63) is 120 Å². The minimum atomic E-state index is -3.51. The zero-order valence-electron chi connectivity index (χ0n) is 19.4. The van der Waals surface area contributed by atoms with E-state index in [0.717, 1.165) is 33.3 Å². The van der Waals surface area contributed by atoms with Crippen molar-refractivity contribution in [2.45, 2.75) is 12.3 Å². The van der Waals surface area contributed by atoms with E-state index >= 15 is 0 Å².